The quantitative estimate of drug-likeness (QED) is 0.864. The summed E-state index contributed by atoms with van der Waals surface area (Å²) in [5.74, 6) is 0.942. The van der Waals surface area contributed by atoms with Gasteiger partial charge < -0.3 is 10.2 Å². The van der Waals surface area contributed by atoms with Crippen molar-refractivity contribution in [1.29, 1.82) is 0 Å². The highest BCUT2D eigenvalue weighted by atomic mass is 15.1. The molecule has 1 N–H and O–H groups in total. The number of anilines is 1. The lowest BCUT2D eigenvalue weighted by molar-refractivity contribution is 0.435. The van der Waals surface area contributed by atoms with Crippen LogP contribution in [0.2, 0.25) is 0 Å². The highest BCUT2D eigenvalue weighted by Crippen LogP contribution is 2.26. The van der Waals surface area contributed by atoms with E-state index in [1.807, 2.05) is 6.20 Å². The Hall–Kier alpha value is -1.09. The van der Waals surface area contributed by atoms with Gasteiger partial charge in [0.2, 0.25) is 0 Å². The van der Waals surface area contributed by atoms with Gasteiger partial charge in [-0.05, 0) is 50.2 Å². The molecular weight excluding hydrogens is 258 g/mol. The van der Waals surface area contributed by atoms with Gasteiger partial charge >= 0.3 is 0 Å². The van der Waals surface area contributed by atoms with Gasteiger partial charge in [-0.15, -0.1) is 0 Å². The molecule has 1 aliphatic carbocycles. The van der Waals surface area contributed by atoms with E-state index in [4.69, 9.17) is 0 Å². The molecule has 0 radical (unpaired) electrons. The van der Waals surface area contributed by atoms with Crippen molar-refractivity contribution in [3.63, 3.8) is 0 Å². The number of hydrogen-bond acceptors (Lipinski definition) is 3. The maximum absolute atomic E-state index is 4.51. The van der Waals surface area contributed by atoms with Crippen molar-refractivity contribution < 1.29 is 0 Å². The first-order valence-corrected chi connectivity index (χ1v) is 8.78. The maximum Gasteiger partial charge on any atom is 0.0562 e. The lowest BCUT2D eigenvalue weighted by Gasteiger charge is -2.23. The van der Waals surface area contributed by atoms with Gasteiger partial charge in [-0.2, -0.15) is 0 Å². The summed E-state index contributed by atoms with van der Waals surface area (Å²) in [5, 5.41) is 3.56. The first-order valence-electron chi connectivity index (χ1n) is 8.78. The predicted octanol–water partition coefficient (Wildman–Crippen LogP) is 3.74. The standard InChI is InChI=1S/C18H29N3/c1-2-4-15-5-3-11-21(12-9-15)18-8-10-19-17(13-18)14-20-16-6-7-16/h8,10,13,15-16,20H,2-7,9,11-12,14H2,1H3. The maximum atomic E-state index is 4.51. The Bertz CT molecular complexity index is 442. The molecule has 0 aromatic carbocycles. The van der Waals surface area contributed by atoms with Crippen LogP contribution in [0, 0.1) is 5.92 Å². The SMILES string of the molecule is CCCC1CCCN(c2ccnc(CNC3CC3)c2)CC1. The third-order valence-electron chi connectivity index (χ3n) is 4.86. The van der Waals surface area contributed by atoms with Gasteiger partial charge in [0.05, 0.1) is 5.69 Å². The lowest BCUT2D eigenvalue weighted by atomic mass is 9.96. The number of nitrogens with zero attached hydrogens (tertiary/aromatic N) is 2. The fourth-order valence-corrected chi connectivity index (χ4v) is 3.42. The summed E-state index contributed by atoms with van der Waals surface area (Å²) in [6.07, 6.45) is 11.5. The fourth-order valence-electron chi connectivity index (χ4n) is 3.42. The minimum Gasteiger partial charge on any atom is -0.371 e. The van der Waals surface area contributed by atoms with Crippen LogP contribution in [-0.2, 0) is 6.54 Å². The molecule has 3 rings (SSSR count). The normalized spacial score (nSPS) is 23.1. The zero-order chi connectivity index (χ0) is 14.5. The molecule has 0 spiro atoms. The summed E-state index contributed by atoms with van der Waals surface area (Å²) >= 11 is 0. The van der Waals surface area contributed by atoms with Gasteiger partial charge in [0.25, 0.3) is 0 Å². The molecule has 116 valence electrons. The Labute approximate surface area is 129 Å². The number of pyridine rings is 1. The van der Waals surface area contributed by atoms with E-state index in [9.17, 15) is 0 Å². The summed E-state index contributed by atoms with van der Waals surface area (Å²) < 4.78 is 0. The van der Waals surface area contributed by atoms with Crippen LogP contribution in [0.15, 0.2) is 18.3 Å². The number of rotatable bonds is 6. The molecule has 0 bridgehead atoms. The van der Waals surface area contributed by atoms with Crippen LogP contribution in [-0.4, -0.2) is 24.1 Å². The van der Waals surface area contributed by atoms with Crippen LogP contribution < -0.4 is 10.2 Å². The van der Waals surface area contributed by atoms with Crippen LogP contribution in [0.1, 0.15) is 57.6 Å². The van der Waals surface area contributed by atoms with Gasteiger partial charge in [-0.25, -0.2) is 0 Å². The third-order valence-corrected chi connectivity index (χ3v) is 4.86. The topological polar surface area (TPSA) is 28.2 Å². The summed E-state index contributed by atoms with van der Waals surface area (Å²) in [7, 11) is 0. The number of hydrogen-bond donors (Lipinski definition) is 1. The van der Waals surface area contributed by atoms with Crippen LogP contribution in [0.4, 0.5) is 5.69 Å². The van der Waals surface area contributed by atoms with Crippen molar-refractivity contribution in [3.05, 3.63) is 24.0 Å². The molecule has 21 heavy (non-hydrogen) atoms. The summed E-state index contributed by atoms with van der Waals surface area (Å²) in [5.41, 5.74) is 2.56. The Morgan fingerprint density at radius 2 is 2.14 bits per heavy atom. The second-order valence-electron chi connectivity index (χ2n) is 6.73. The predicted molar refractivity (Wildman–Crippen MR) is 88.6 cm³/mol. The second kappa shape index (κ2) is 7.26. The summed E-state index contributed by atoms with van der Waals surface area (Å²) in [6, 6.07) is 5.22. The average Bonchev–Trinajstić information content (AvgIpc) is 3.33. The summed E-state index contributed by atoms with van der Waals surface area (Å²) in [6.45, 7) is 5.65. The highest BCUT2D eigenvalue weighted by molar-refractivity contribution is 5.46. The number of aromatic nitrogens is 1. The Morgan fingerprint density at radius 3 is 2.95 bits per heavy atom. The van der Waals surface area contributed by atoms with E-state index in [-0.39, 0.29) is 0 Å². The minimum absolute atomic E-state index is 0.753. The zero-order valence-corrected chi connectivity index (χ0v) is 13.4. The lowest BCUT2D eigenvalue weighted by Crippen LogP contribution is -2.25. The monoisotopic (exact) mass is 287 g/mol. The van der Waals surface area contributed by atoms with E-state index in [1.165, 1.54) is 69.4 Å². The summed E-state index contributed by atoms with van der Waals surface area (Å²) in [4.78, 5) is 7.08. The van der Waals surface area contributed by atoms with Crippen molar-refractivity contribution in [2.24, 2.45) is 5.92 Å². The van der Waals surface area contributed by atoms with Gasteiger partial charge in [0, 0.05) is 37.6 Å². The van der Waals surface area contributed by atoms with E-state index >= 15 is 0 Å². The molecule has 0 amide bonds. The van der Waals surface area contributed by atoms with Gasteiger partial charge in [-0.3, -0.25) is 4.98 Å². The van der Waals surface area contributed by atoms with Crippen LogP contribution >= 0.6 is 0 Å². The smallest absolute Gasteiger partial charge is 0.0562 e. The molecule has 1 aromatic heterocycles. The van der Waals surface area contributed by atoms with Gasteiger partial charge in [0.15, 0.2) is 0 Å². The molecule has 1 saturated carbocycles. The van der Waals surface area contributed by atoms with Crippen LogP contribution in [0.25, 0.3) is 0 Å². The molecule has 2 aliphatic rings. The van der Waals surface area contributed by atoms with E-state index in [2.05, 4.69) is 34.3 Å². The van der Waals surface area contributed by atoms with Gasteiger partial charge in [-0.1, -0.05) is 19.8 Å². The van der Waals surface area contributed by atoms with Crippen molar-refractivity contribution in [1.82, 2.24) is 10.3 Å². The Balaban J connectivity index is 1.58. The first kappa shape index (κ1) is 14.8. The fraction of sp³-hybridized carbons (Fsp3) is 0.722. The molecule has 1 unspecified atom stereocenters. The molecule has 3 heteroatoms. The molecule has 1 saturated heterocycles. The Morgan fingerprint density at radius 1 is 1.24 bits per heavy atom. The van der Waals surface area contributed by atoms with Crippen molar-refractivity contribution in [2.45, 2.75) is 64.5 Å². The third kappa shape index (κ3) is 4.44. The molecular formula is C18H29N3. The van der Waals surface area contributed by atoms with Crippen molar-refractivity contribution in [3.8, 4) is 0 Å². The molecule has 2 fully saturated rings. The molecule has 1 aliphatic heterocycles. The molecule has 3 nitrogen and oxygen atoms in total. The van der Waals surface area contributed by atoms with E-state index in [0.717, 1.165) is 18.5 Å². The molecule has 1 aromatic rings. The van der Waals surface area contributed by atoms with E-state index in [0.29, 0.717) is 0 Å². The van der Waals surface area contributed by atoms with Crippen LogP contribution in [0.3, 0.4) is 0 Å². The number of nitrogens with one attached hydrogen (secondary N) is 1. The largest absolute Gasteiger partial charge is 0.371 e. The van der Waals surface area contributed by atoms with Crippen molar-refractivity contribution in [2.75, 3.05) is 18.0 Å². The molecule has 2 heterocycles. The van der Waals surface area contributed by atoms with E-state index in [1.54, 1.807) is 0 Å². The minimum atomic E-state index is 0.753. The van der Waals surface area contributed by atoms with Crippen LogP contribution in [0.5, 0.6) is 0 Å². The van der Waals surface area contributed by atoms with Gasteiger partial charge in [0.1, 0.15) is 0 Å². The van der Waals surface area contributed by atoms with Crippen molar-refractivity contribution >= 4 is 5.69 Å². The molecule has 1 atom stereocenters. The Kier molecular flexibility index (Phi) is 5.13. The second-order valence-corrected chi connectivity index (χ2v) is 6.73. The average molecular weight is 287 g/mol. The zero-order valence-electron chi connectivity index (χ0n) is 13.4. The highest BCUT2D eigenvalue weighted by Gasteiger charge is 2.20. The first-order chi connectivity index (χ1) is 10.3. The van der Waals surface area contributed by atoms with E-state index < -0.39 is 0 Å².